The van der Waals surface area contributed by atoms with Gasteiger partial charge in [0.05, 0.1) is 19.6 Å². The average Bonchev–Trinajstić information content (AvgIpc) is 0.748. The number of carbonyl (C=O) groups is 16. The lowest BCUT2D eigenvalue weighted by molar-refractivity contribution is -0.145. The Bertz CT molecular complexity index is 3070. The van der Waals surface area contributed by atoms with Crippen molar-refractivity contribution >= 4 is 109 Å². The van der Waals surface area contributed by atoms with Gasteiger partial charge in [-0.2, -0.15) is 0 Å². The van der Waals surface area contributed by atoms with E-state index in [2.05, 4.69) is 31.9 Å². The highest BCUT2D eigenvalue weighted by Gasteiger charge is 2.56. The summed E-state index contributed by atoms with van der Waals surface area (Å²) in [6.45, 7) is 8.45. The molecule has 1 aliphatic rings. The number of benzene rings is 1. The Hall–Kier alpha value is -9.47. The third-order valence-electron chi connectivity index (χ3n) is 16.9. The van der Waals surface area contributed by atoms with Crippen LogP contribution in [0.2, 0.25) is 10.1 Å². The molecule has 0 bridgehead atoms. The van der Waals surface area contributed by atoms with Crippen LogP contribution in [0.25, 0.3) is 0 Å². The zero-order valence-corrected chi connectivity index (χ0v) is 59.8. The number of carboxylic acid groups (broad SMARTS) is 9. The summed E-state index contributed by atoms with van der Waals surface area (Å²) in [6.07, 6.45) is -3.85. The second-order valence-electron chi connectivity index (χ2n) is 26.9. The highest BCUT2D eigenvalue weighted by molar-refractivity contribution is 6.90. The van der Waals surface area contributed by atoms with E-state index in [0.29, 0.717) is 5.19 Å². The van der Waals surface area contributed by atoms with Crippen LogP contribution >= 0.6 is 0 Å². The average molecular weight is 1490 g/mol. The van der Waals surface area contributed by atoms with E-state index < -0.39 is 208 Å². The Morgan fingerprint density at radius 2 is 0.796 bits per heavy atom. The topological polar surface area (TPSA) is 564 Å². The largest absolute Gasteiger partial charge is 0.481 e. The summed E-state index contributed by atoms with van der Waals surface area (Å²) in [7, 11) is -3.77. The summed E-state index contributed by atoms with van der Waals surface area (Å²) in [6, 6.07) is -4.98. The summed E-state index contributed by atoms with van der Waals surface area (Å²) in [5, 5.41) is 105. The number of halogens is 1. The Kier molecular flexibility index (Phi) is 38.4. The Labute approximate surface area is 594 Å². The molecule has 1 aromatic carbocycles. The molecule has 1 aliphatic heterocycles. The number of aliphatic carboxylic acids is 9. The molecule has 0 unspecified atom stereocenters. The number of carbonyl (C=O) groups excluding carboxylic acids is 7. The first-order valence-electron chi connectivity index (χ1n) is 33.5. The van der Waals surface area contributed by atoms with Crippen molar-refractivity contribution in [2.24, 2.45) is 0 Å². The standard InChI is InChI=1S/C64H101FN12O25Si/c1-63(2,3)103(65,64(4,5)6)40-17-15-39(16-18-40)55(90)68-35-45(70-50(81)22-20-46(61(100)101)77-33-31-75(37-53(86)87)29-27-74(36-52(84)85)28-30-76(32-34-77)38-54(88)89)56(91)71-42(58(94)95)11-7-8-25-66-47(78)23-24-48(79)67-26-10-13-41(57(92)93)69-49(80)21-19-44(60(98)99)73-62(102)72-43(59(96)97)12-9-14-51(82)83/h15-18,41-46H,7-14,19-38H2,1-6H3,(H,66,78)(H,67,79)(H,68,90)(H,69,80)(H,70,81)(H,71,91)(H,82,83)(H,84,85)(H,86,87)(H,88,89)(H,92,93)(H,94,95)(H,96,97)(H,98,99)(H,100,101)(H2,72,73,102)/t41-,42-,43-,44-,45-,46+/m0/s1. The third kappa shape index (κ3) is 33.9. The first-order chi connectivity index (χ1) is 48.0. The van der Waals surface area contributed by atoms with Crippen molar-refractivity contribution in [3.63, 3.8) is 0 Å². The van der Waals surface area contributed by atoms with Crippen molar-refractivity contribution < 1.29 is 127 Å². The highest BCUT2D eigenvalue weighted by Crippen LogP contribution is 2.51. The molecular formula is C64H101FN12O25Si. The number of nitrogens with zero attached hydrogens (tertiary/aromatic N) is 4. The summed E-state index contributed by atoms with van der Waals surface area (Å²) >= 11 is 0. The van der Waals surface area contributed by atoms with Crippen LogP contribution < -0.4 is 47.7 Å². The molecule has 0 aromatic heterocycles. The van der Waals surface area contributed by atoms with Gasteiger partial charge in [0.1, 0.15) is 36.3 Å². The van der Waals surface area contributed by atoms with E-state index in [0.717, 1.165) is 0 Å². The van der Waals surface area contributed by atoms with Crippen LogP contribution in [0.15, 0.2) is 24.3 Å². The number of rotatable bonds is 44. The Morgan fingerprint density at radius 1 is 0.408 bits per heavy atom. The van der Waals surface area contributed by atoms with E-state index in [1.807, 2.05) is 10.6 Å². The molecule has 1 aromatic rings. The lowest BCUT2D eigenvalue weighted by atomic mass is 10.1. The van der Waals surface area contributed by atoms with Gasteiger partial charge in [0.25, 0.3) is 14.3 Å². The van der Waals surface area contributed by atoms with Crippen LogP contribution in [0, 0.1) is 0 Å². The van der Waals surface area contributed by atoms with E-state index >= 15 is 4.11 Å². The fraction of sp³-hybridized carbons (Fsp3) is 0.656. The van der Waals surface area contributed by atoms with Crippen LogP contribution in [0.4, 0.5) is 8.90 Å². The van der Waals surface area contributed by atoms with Crippen molar-refractivity contribution in [3.05, 3.63) is 29.8 Å². The fourth-order valence-electron chi connectivity index (χ4n) is 11.6. The first-order valence-corrected chi connectivity index (χ1v) is 35.4. The van der Waals surface area contributed by atoms with Crippen molar-refractivity contribution in [1.82, 2.24) is 62.1 Å². The fourth-order valence-corrected chi connectivity index (χ4v) is 16.2. The first kappa shape index (κ1) is 89.6. The molecule has 1 saturated heterocycles. The molecular weight excluding hydrogens is 1380 g/mol. The Morgan fingerprint density at radius 3 is 1.22 bits per heavy atom. The van der Waals surface area contributed by atoms with Gasteiger partial charge in [-0.15, -0.1) is 0 Å². The molecule has 17 N–H and O–H groups in total. The zero-order chi connectivity index (χ0) is 78.0. The summed E-state index contributed by atoms with van der Waals surface area (Å²) in [4.78, 5) is 205. The third-order valence-corrected chi connectivity index (χ3v) is 22.1. The number of amides is 8. The van der Waals surface area contributed by atoms with E-state index in [4.69, 9.17) is 5.11 Å². The molecule has 0 radical (unpaired) electrons. The van der Waals surface area contributed by atoms with E-state index in [-0.39, 0.29) is 129 Å². The van der Waals surface area contributed by atoms with Crippen molar-refractivity contribution in [1.29, 1.82) is 0 Å². The normalized spacial score (nSPS) is 15.6. The number of unbranched alkanes of at least 4 members (excludes halogenated alkanes) is 1. The number of hydrogen-bond acceptors (Lipinski definition) is 20. The van der Waals surface area contributed by atoms with Gasteiger partial charge in [0.15, 0.2) is 0 Å². The molecule has 0 spiro atoms. The lowest BCUT2D eigenvalue weighted by Gasteiger charge is -2.44. The molecule has 39 heteroatoms. The van der Waals surface area contributed by atoms with Crippen molar-refractivity contribution in [2.75, 3.05) is 91.6 Å². The van der Waals surface area contributed by atoms with E-state index in [1.54, 1.807) is 41.5 Å². The number of nitrogens with one attached hydrogen (secondary N) is 8. The van der Waals surface area contributed by atoms with Gasteiger partial charge in [-0.3, -0.25) is 72.3 Å². The smallest absolute Gasteiger partial charge is 0.326 e. The monoisotopic (exact) mass is 1480 g/mol. The minimum Gasteiger partial charge on any atom is -0.481 e. The summed E-state index contributed by atoms with van der Waals surface area (Å²) < 4.78 is 17.1. The second-order valence-corrected chi connectivity index (χ2v) is 31.8. The number of urea groups is 1. The molecule has 1 heterocycles. The van der Waals surface area contributed by atoms with Gasteiger partial charge >= 0.3 is 59.8 Å². The van der Waals surface area contributed by atoms with Gasteiger partial charge in [0, 0.05) is 110 Å². The molecule has 6 atom stereocenters. The maximum Gasteiger partial charge on any atom is 0.326 e. The van der Waals surface area contributed by atoms with Crippen LogP contribution in [0.1, 0.15) is 142 Å². The van der Waals surface area contributed by atoms with Gasteiger partial charge in [-0.1, -0.05) is 53.7 Å². The van der Waals surface area contributed by atoms with E-state index in [1.165, 1.54) is 43.9 Å². The van der Waals surface area contributed by atoms with E-state index in [9.17, 15) is 118 Å². The Balaban J connectivity index is 2.14. The minimum atomic E-state index is -3.77. The minimum absolute atomic E-state index is 0.00248. The van der Waals surface area contributed by atoms with Gasteiger partial charge in [0.2, 0.25) is 29.5 Å². The van der Waals surface area contributed by atoms with Crippen molar-refractivity contribution in [3.8, 4) is 0 Å². The van der Waals surface area contributed by atoms with Gasteiger partial charge < -0.3 is 92.6 Å². The highest BCUT2D eigenvalue weighted by atomic mass is 28.4. The molecule has 2 rings (SSSR count). The van der Waals surface area contributed by atoms with Crippen molar-refractivity contribution in [2.45, 2.75) is 178 Å². The molecule has 37 nitrogen and oxygen atoms in total. The second kappa shape index (κ2) is 44.1. The quantitative estimate of drug-likeness (QED) is 0.0205. The number of carboxylic acids is 9. The maximum atomic E-state index is 17.1. The SMILES string of the molecule is CC(C)(C)[Si](F)(c1ccc(C(=O)NC[C@H](NC(=O)CC[C@H](C(=O)O)N2CCN(CC(=O)O)CCN(CC(=O)O)CCN(CC(=O)O)CC2)C(=O)N[C@@H](CCCCNC(=O)CCC(=O)NCCC[C@H](NC(=O)CC[C@H](NC(=O)N[C@@H](CCCC(=O)O)C(=O)O)C(=O)O)C(=O)O)C(=O)O)cc1)C(C)(C)C. The van der Waals surface area contributed by atoms with Crippen LogP contribution in [0.5, 0.6) is 0 Å². The molecule has 1 fully saturated rings. The summed E-state index contributed by atoms with van der Waals surface area (Å²) in [5.41, 5.74) is 0.0386. The molecule has 0 aliphatic carbocycles. The molecule has 578 valence electrons. The van der Waals surface area contributed by atoms with Crippen LogP contribution in [-0.4, -0.2) is 297 Å². The van der Waals surface area contributed by atoms with Gasteiger partial charge in [-0.25, -0.2) is 24.0 Å². The van der Waals surface area contributed by atoms with Crippen LogP contribution in [0.3, 0.4) is 0 Å². The maximum absolute atomic E-state index is 17.1. The van der Waals surface area contributed by atoms with Gasteiger partial charge in [-0.05, 0) is 85.2 Å². The predicted octanol–water partition coefficient (Wildman–Crippen LogP) is -1.33. The zero-order valence-electron chi connectivity index (χ0n) is 58.8. The molecule has 0 saturated carbocycles. The predicted molar refractivity (Wildman–Crippen MR) is 364 cm³/mol. The molecule has 103 heavy (non-hydrogen) atoms. The summed E-state index contributed by atoms with van der Waals surface area (Å²) in [5.74, 6) is -17.3. The lowest BCUT2D eigenvalue weighted by Crippen LogP contribution is -2.58. The number of hydrogen-bond donors (Lipinski definition) is 17. The molecule has 8 amide bonds. The van der Waals surface area contributed by atoms with Crippen LogP contribution in [-0.2, 0) is 67.1 Å².